The van der Waals surface area contributed by atoms with E-state index in [2.05, 4.69) is 20.7 Å². The van der Waals surface area contributed by atoms with Crippen LogP contribution in [-0.2, 0) is 13.0 Å². The van der Waals surface area contributed by atoms with Crippen molar-refractivity contribution in [2.24, 2.45) is 4.99 Å². The molecule has 1 aromatic carbocycles. The van der Waals surface area contributed by atoms with Crippen molar-refractivity contribution in [2.75, 3.05) is 20.1 Å². The maximum Gasteiger partial charge on any atom is 0.190 e. The van der Waals surface area contributed by atoms with Crippen molar-refractivity contribution in [3.05, 3.63) is 54.1 Å². The number of benzene rings is 1. The summed E-state index contributed by atoms with van der Waals surface area (Å²) < 4.78 is 15.0. The van der Waals surface area contributed by atoms with Crippen LogP contribution in [0.1, 0.15) is 18.4 Å². The lowest BCUT2D eigenvalue weighted by molar-refractivity contribution is 0.570. The molecule has 0 saturated carbocycles. The van der Waals surface area contributed by atoms with Crippen molar-refractivity contribution in [2.45, 2.75) is 25.8 Å². The van der Waals surface area contributed by atoms with E-state index < -0.39 is 0 Å². The number of hydrogen-bond donors (Lipinski definition) is 2. The van der Waals surface area contributed by atoms with E-state index in [1.54, 1.807) is 25.4 Å². The van der Waals surface area contributed by atoms with Crippen LogP contribution in [0.25, 0.3) is 0 Å². The van der Waals surface area contributed by atoms with Crippen molar-refractivity contribution >= 4 is 5.96 Å². The molecule has 0 bridgehead atoms. The summed E-state index contributed by atoms with van der Waals surface area (Å²) >= 11 is 0. The Morgan fingerprint density at radius 1 is 1.22 bits per heavy atom. The maximum atomic E-state index is 13.1. The highest BCUT2D eigenvalue weighted by Gasteiger charge is 1.99. The molecule has 1 aromatic heterocycles. The van der Waals surface area contributed by atoms with E-state index >= 15 is 0 Å². The SMILES string of the molecule is CN=C(NCCCc1cccc(F)c1)NCCCn1cccn1. The Labute approximate surface area is 136 Å². The van der Waals surface area contributed by atoms with Gasteiger partial charge in [-0.15, -0.1) is 0 Å². The Morgan fingerprint density at radius 2 is 2.04 bits per heavy atom. The third-order valence-electron chi connectivity index (χ3n) is 3.46. The minimum Gasteiger partial charge on any atom is -0.356 e. The second-order valence-corrected chi connectivity index (χ2v) is 5.28. The molecular weight excluding hydrogens is 293 g/mol. The minimum atomic E-state index is -0.176. The fraction of sp³-hybridized carbons (Fsp3) is 0.412. The van der Waals surface area contributed by atoms with E-state index in [1.165, 1.54) is 6.07 Å². The highest BCUT2D eigenvalue weighted by Crippen LogP contribution is 2.05. The summed E-state index contributed by atoms with van der Waals surface area (Å²) in [7, 11) is 1.76. The molecule has 0 spiro atoms. The van der Waals surface area contributed by atoms with Gasteiger partial charge in [0.2, 0.25) is 0 Å². The molecule has 0 radical (unpaired) electrons. The van der Waals surface area contributed by atoms with Crippen molar-refractivity contribution in [1.82, 2.24) is 20.4 Å². The largest absolute Gasteiger partial charge is 0.356 e. The molecule has 2 N–H and O–H groups in total. The van der Waals surface area contributed by atoms with Crippen molar-refractivity contribution < 1.29 is 4.39 Å². The van der Waals surface area contributed by atoms with Crippen LogP contribution in [0, 0.1) is 5.82 Å². The molecule has 2 rings (SSSR count). The number of hydrogen-bond acceptors (Lipinski definition) is 2. The molecule has 0 aliphatic carbocycles. The van der Waals surface area contributed by atoms with E-state index in [-0.39, 0.29) is 5.82 Å². The molecule has 0 unspecified atom stereocenters. The van der Waals surface area contributed by atoms with Crippen LogP contribution in [0.3, 0.4) is 0 Å². The van der Waals surface area contributed by atoms with Crippen LogP contribution in [0.15, 0.2) is 47.7 Å². The Morgan fingerprint density at radius 3 is 2.74 bits per heavy atom. The van der Waals surface area contributed by atoms with E-state index in [0.29, 0.717) is 0 Å². The number of aryl methyl sites for hydroxylation is 2. The summed E-state index contributed by atoms with van der Waals surface area (Å²) in [4.78, 5) is 4.19. The Hall–Kier alpha value is -2.37. The number of nitrogens with one attached hydrogen (secondary N) is 2. The molecule has 124 valence electrons. The summed E-state index contributed by atoms with van der Waals surface area (Å²) in [6, 6.07) is 8.68. The molecule has 23 heavy (non-hydrogen) atoms. The maximum absolute atomic E-state index is 13.1. The molecule has 1 heterocycles. The average molecular weight is 317 g/mol. The third-order valence-corrected chi connectivity index (χ3v) is 3.46. The quantitative estimate of drug-likeness (QED) is 0.446. The van der Waals surface area contributed by atoms with Gasteiger partial charge < -0.3 is 10.6 Å². The van der Waals surface area contributed by atoms with Crippen LogP contribution in [0.4, 0.5) is 4.39 Å². The molecule has 0 saturated heterocycles. The third kappa shape index (κ3) is 6.50. The van der Waals surface area contributed by atoms with Crippen molar-refractivity contribution in [1.29, 1.82) is 0 Å². The molecule has 0 aliphatic rings. The zero-order chi connectivity index (χ0) is 16.3. The second-order valence-electron chi connectivity index (χ2n) is 5.28. The molecular formula is C17H24FN5. The van der Waals surface area contributed by atoms with Crippen molar-refractivity contribution in [3.8, 4) is 0 Å². The van der Waals surface area contributed by atoms with Gasteiger partial charge in [0.15, 0.2) is 5.96 Å². The molecule has 5 nitrogen and oxygen atoms in total. The van der Waals surface area contributed by atoms with E-state index in [9.17, 15) is 4.39 Å². The monoisotopic (exact) mass is 317 g/mol. The molecule has 0 atom stereocenters. The first-order chi connectivity index (χ1) is 11.3. The zero-order valence-electron chi connectivity index (χ0n) is 13.5. The first kappa shape index (κ1) is 17.0. The number of aromatic nitrogens is 2. The minimum absolute atomic E-state index is 0.176. The second kappa shape index (κ2) is 9.61. The van der Waals surface area contributed by atoms with Crippen molar-refractivity contribution in [3.63, 3.8) is 0 Å². The van der Waals surface area contributed by atoms with Gasteiger partial charge in [-0.2, -0.15) is 5.10 Å². The van der Waals surface area contributed by atoms with E-state index in [4.69, 9.17) is 0 Å². The lowest BCUT2D eigenvalue weighted by Gasteiger charge is -2.12. The molecule has 2 aromatic rings. The van der Waals surface area contributed by atoms with Gasteiger partial charge in [0.1, 0.15) is 5.82 Å². The fourth-order valence-electron chi connectivity index (χ4n) is 2.29. The Balaban J connectivity index is 1.57. The highest BCUT2D eigenvalue weighted by atomic mass is 19.1. The van der Waals surface area contributed by atoms with Gasteiger partial charge in [0, 0.05) is 39.1 Å². The summed E-state index contributed by atoms with van der Waals surface area (Å²) in [6.07, 6.45) is 6.50. The van der Waals surface area contributed by atoms with Gasteiger partial charge in [-0.25, -0.2) is 4.39 Å². The summed E-state index contributed by atoms with van der Waals surface area (Å²) in [5.41, 5.74) is 1.02. The topological polar surface area (TPSA) is 54.2 Å². The first-order valence-electron chi connectivity index (χ1n) is 7.94. The normalized spacial score (nSPS) is 11.5. The summed E-state index contributed by atoms with van der Waals surface area (Å²) in [6.45, 7) is 2.52. The standard InChI is InChI=1S/C17H24FN5/c1-19-17(21-10-4-12-23-13-5-11-22-23)20-9-3-7-15-6-2-8-16(18)14-15/h2,5-6,8,11,13-14H,3-4,7,9-10,12H2,1H3,(H2,19,20,21). The molecule has 0 aliphatic heterocycles. The predicted octanol–water partition coefficient (Wildman–Crippen LogP) is 2.21. The number of nitrogens with zero attached hydrogens (tertiary/aromatic N) is 3. The van der Waals surface area contributed by atoms with Crippen LogP contribution in [0.5, 0.6) is 0 Å². The smallest absolute Gasteiger partial charge is 0.190 e. The summed E-state index contributed by atoms with van der Waals surface area (Å²) in [5, 5.41) is 10.7. The van der Waals surface area contributed by atoms with Crippen LogP contribution >= 0.6 is 0 Å². The van der Waals surface area contributed by atoms with Crippen LogP contribution < -0.4 is 10.6 Å². The molecule has 0 fully saturated rings. The number of rotatable bonds is 8. The van der Waals surface area contributed by atoms with Gasteiger partial charge in [-0.05, 0) is 43.0 Å². The number of halogens is 1. The van der Waals surface area contributed by atoms with E-state index in [0.717, 1.165) is 50.4 Å². The lowest BCUT2D eigenvalue weighted by atomic mass is 10.1. The zero-order valence-corrected chi connectivity index (χ0v) is 13.5. The Bertz CT molecular complexity index is 595. The van der Waals surface area contributed by atoms with Gasteiger partial charge >= 0.3 is 0 Å². The van der Waals surface area contributed by atoms with E-state index in [1.807, 2.05) is 23.0 Å². The van der Waals surface area contributed by atoms with Crippen LogP contribution in [0.2, 0.25) is 0 Å². The predicted molar refractivity (Wildman–Crippen MR) is 90.9 cm³/mol. The number of aliphatic imine (C=N–C) groups is 1. The molecule has 0 amide bonds. The fourth-order valence-corrected chi connectivity index (χ4v) is 2.29. The van der Waals surface area contributed by atoms with Gasteiger partial charge in [-0.1, -0.05) is 12.1 Å². The summed E-state index contributed by atoms with van der Waals surface area (Å²) in [5.74, 6) is 0.620. The highest BCUT2D eigenvalue weighted by molar-refractivity contribution is 5.79. The Kier molecular flexibility index (Phi) is 7.10. The number of guanidine groups is 1. The van der Waals surface area contributed by atoms with Gasteiger partial charge in [-0.3, -0.25) is 9.67 Å². The van der Waals surface area contributed by atoms with Gasteiger partial charge in [0.05, 0.1) is 0 Å². The molecule has 6 heteroatoms. The van der Waals surface area contributed by atoms with Gasteiger partial charge in [0.25, 0.3) is 0 Å². The average Bonchev–Trinajstić information content (AvgIpc) is 3.07. The first-order valence-corrected chi connectivity index (χ1v) is 7.94. The van der Waals surface area contributed by atoms with Crippen LogP contribution in [-0.4, -0.2) is 35.9 Å². The lowest BCUT2D eigenvalue weighted by Crippen LogP contribution is -2.38.